The van der Waals surface area contributed by atoms with Crippen molar-refractivity contribution in [2.45, 2.75) is 56.0 Å². The minimum absolute atomic E-state index is 0.125. The summed E-state index contributed by atoms with van der Waals surface area (Å²) >= 11 is 0. The van der Waals surface area contributed by atoms with Crippen LogP contribution in [0, 0.1) is 0 Å². The van der Waals surface area contributed by atoms with E-state index in [4.69, 9.17) is 0 Å². The van der Waals surface area contributed by atoms with Crippen LogP contribution in [0.1, 0.15) is 24.8 Å². The molecular formula is C32H41N7O4. The van der Waals surface area contributed by atoms with E-state index in [1.54, 1.807) is 18.1 Å². The van der Waals surface area contributed by atoms with E-state index in [-0.39, 0.29) is 36.3 Å². The molecule has 3 heterocycles. The summed E-state index contributed by atoms with van der Waals surface area (Å²) in [6, 6.07) is 18.1. The number of carbonyl (C=O) groups excluding carboxylic acids is 3. The molecule has 2 aromatic carbocycles. The first-order chi connectivity index (χ1) is 20.9. The first kappa shape index (κ1) is 30.6. The highest BCUT2D eigenvalue weighted by Gasteiger charge is 2.43. The molecule has 2 fully saturated rings. The van der Waals surface area contributed by atoms with Gasteiger partial charge in [0.2, 0.25) is 17.7 Å². The third-order valence-electron chi connectivity index (χ3n) is 8.13. The maximum Gasteiger partial charge on any atom is 0.247 e. The SMILES string of the molecule is CNCC(=O)N[C@H]1CN[C@H](C(=O)N2C[C@H](NC[C@H](O)CCc3ccccc3)C[C@H]2C(=O)Nc2cnc3ccccc3c2)C1. The monoisotopic (exact) mass is 587 g/mol. The van der Waals surface area contributed by atoms with Crippen molar-refractivity contribution in [3.8, 4) is 0 Å². The summed E-state index contributed by atoms with van der Waals surface area (Å²) < 4.78 is 0. The molecule has 3 aromatic rings. The second-order valence-corrected chi connectivity index (χ2v) is 11.4. The maximum atomic E-state index is 13.8. The molecule has 43 heavy (non-hydrogen) atoms. The number of hydrogen-bond acceptors (Lipinski definition) is 8. The molecular weight excluding hydrogens is 546 g/mol. The van der Waals surface area contributed by atoms with E-state index in [0.29, 0.717) is 44.6 Å². The topological polar surface area (TPSA) is 148 Å². The zero-order valence-electron chi connectivity index (χ0n) is 24.5. The highest BCUT2D eigenvalue weighted by atomic mass is 16.3. The van der Waals surface area contributed by atoms with Gasteiger partial charge in [0, 0.05) is 37.1 Å². The van der Waals surface area contributed by atoms with Crippen LogP contribution in [-0.2, 0) is 20.8 Å². The van der Waals surface area contributed by atoms with Crippen LogP contribution < -0.4 is 26.6 Å². The molecule has 2 saturated heterocycles. The fraction of sp³-hybridized carbons (Fsp3) is 0.438. The van der Waals surface area contributed by atoms with Gasteiger partial charge in [0.05, 0.1) is 36.1 Å². The molecule has 228 valence electrons. The largest absolute Gasteiger partial charge is 0.392 e. The van der Waals surface area contributed by atoms with Crippen molar-refractivity contribution in [1.29, 1.82) is 0 Å². The van der Waals surface area contributed by atoms with Gasteiger partial charge in [-0.3, -0.25) is 19.4 Å². The smallest absolute Gasteiger partial charge is 0.247 e. The Bertz CT molecular complexity index is 1400. The van der Waals surface area contributed by atoms with Gasteiger partial charge in [-0.25, -0.2) is 0 Å². The third kappa shape index (κ3) is 8.14. The number of rotatable bonds is 12. The lowest BCUT2D eigenvalue weighted by molar-refractivity contribution is -0.138. The molecule has 0 unspecified atom stereocenters. The van der Waals surface area contributed by atoms with Gasteiger partial charge in [0.1, 0.15) is 6.04 Å². The van der Waals surface area contributed by atoms with Crippen molar-refractivity contribution in [2.24, 2.45) is 0 Å². The number of para-hydroxylation sites is 1. The number of nitrogens with one attached hydrogen (secondary N) is 5. The van der Waals surface area contributed by atoms with E-state index in [2.05, 4.69) is 31.6 Å². The van der Waals surface area contributed by atoms with Crippen LogP contribution in [0.15, 0.2) is 66.9 Å². The van der Waals surface area contributed by atoms with E-state index in [1.165, 1.54) is 5.56 Å². The van der Waals surface area contributed by atoms with Gasteiger partial charge in [0.25, 0.3) is 0 Å². The summed E-state index contributed by atoms with van der Waals surface area (Å²) in [7, 11) is 1.71. The van der Waals surface area contributed by atoms with Gasteiger partial charge in [-0.2, -0.15) is 0 Å². The molecule has 3 amide bonds. The van der Waals surface area contributed by atoms with Crippen LogP contribution in [-0.4, -0.2) is 96.2 Å². The summed E-state index contributed by atoms with van der Waals surface area (Å²) in [5, 5.41) is 26.9. The second-order valence-electron chi connectivity index (χ2n) is 11.4. The number of anilines is 1. The van der Waals surface area contributed by atoms with Gasteiger partial charge in [-0.1, -0.05) is 48.5 Å². The minimum atomic E-state index is -0.697. The zero-order chi connectivity index (χ0) is 30.2. The van der Waals surface area contributed by atoms with Gasteiger partial charge in [-0.15, -0.1) is 0 Å². The average molecular weight is 588 g/mol. The van der Waals surface area contributed by atoms with Crippen molar-refractivity contribution in [1.82, 2.24) is 31.2 Å². The molecule has 2 aliphatic heterocycles. The van der Waals surface area contributed by atoms with E-state index >= 15 is 0 Å². The maximum absolute atomic E-state index is 13.8. The number of likely N-dealkylation sites (N-methyl/N-ethyl adjacent to an activating group) is 1. The number of hydrogen-bond donors (Lipinski definition) is 6. The van der Waals surface area contributed by atoms with Gasteiger partial charge in [-0.05, 0) is 50.4 Å². The fourth-order valence-electron chi connectivity index (χ4n) is 5.90. The number of aliphatic hydroxyl groups excluding tert-OH is 1. The van der Waals surface area contributed by atoms with Crippen molar-refractivity contribution in [2.75, 3.05) is 38.5 Å². The summed E-state index contributed by atoms with van der Waals surface area (Å²) in [6.45, 7) is 1.39. The standard InChI is InChI=1S/C32H41N7O4/c1-33-19-30(41)37-24-14-28(36-17-24)32(43)39-20-25(34-18-26(40)12-11-21-7-3-2-4-8-21)15-29(39)31(42)38-23-13-22-9-5-6-10-27(22)35-16-23/h2-10,13,16,24-26,28-29,33-34,36,40H,11-12,14-15,17-20H2,1H3,(H,37,41)(H,38,42)/t24-,25-,26-,28+,29+/m1/s1. The number of benzene rings is 2. The highest BCUT2D eigenvalue weighted by molar-refractivity contribution is 5.99. The average Bonchev–Trinajstić information content (AvgIpc) is 3.67. The summed E-state index contributed by atoms with van der Waals surface area (Å²) in [4.78, 5) is 45.5. The number of amides is 3. The lowest BCUT2D eigenvalue weighted by Crippen LogP contribution is -2.50. The van der Waals surface area contributed by atoms with Crippen molar-refractivity contribution in [3.63, 3.8) is 0 Å². The molecule has 2 aliphatic rings. The first-order valence-corrected chi connectivity index (χ1v) is 15.0. The molecule has 0 saturated carbocycles. The highest BCUT2D eigenvalue weighted by Crippen LogP contribution is 2.24. The lowest BCUT2D eigenvalue weighted by Gasteiger charge is -2.26. The summed E-state index contributed by atoms with van der Waals surface area (Å²) in [6.07, 6.45) is 3.31. The van der Waals surface area contributed by atoms with E-state index in [9.17, 15) is 19.5 Å². The van der Waals surface area contributed by atoms with E-state index in [1.807, 2.05) is 60.7 Å². The molecule has 5 rings (SSSR count). The number of fused-ring (bicyclic) bond motifs is 1. The predicted molar refractivity (Wildman–Crippen MR) is 165 cm³/mol. The molecule has 11 heteroatoms. The Labute approximate surface area is 251 Å². The van der Waals surface area contributed by atoms with Crippen LogP contribution in [0.5, 0.6) is 0 Å². The minimum Gasteiger partial charge on any atom is -0.392 e. The summed E-state index contributed by atoms with van der Waals surface area (Å²) in [5.41, 5.74) is 2.57. The number of carbonyl (C=O) groups is 3. The number of likely N-dealkylation sites (tertiary alicyclic amines) is 1. The van der Waals surface area contributed by atoms with Gasteiger partial charge >= 0.3 is 0 Å². The zero-order valence-corrected chi connectivity index (χ0v) is 24.5. The Morgan fingerprint density at radius 2 is 1.86 bits per heavy atom. The fourth-order valence-corrected chi connectivity index (χ4v) is 5.90. The van der Waals surface area contributed by atoms with E-state index < -0.39 is 18.2 Å². The Hall–Kier alpha value is -3.90. The quantitative estimate of drug-likeness (QED) is 0.182. The van der Waals surface area contributed by atoms with Crippen molar-refractivity contribution < 1.29 is 19.5 Å². The molecule has 11 nitrogen and oxygen atoms in total. The van der Waals surface area contributed by atoms with Crippen molar-refractivity contribution in [3.05, 3.63) is 72.4 Å². The van der Waals surface area contributed by atoms with Crippen LogP contribution in [0.4, 0.5) is 5.69 Å². The molecule has 0 radical (unpaired) electrons. The first-order valence-electron chi connectivity index (χ1n) is 15.0. The molecule has 1 aromatic heterocycles. The number of aryl methyl sites for hydroxylation is 1. The molecule has 0 bridgehead atoms. The molecule has 6 N–H and O–H groups in total. The third-order valence-corrected chi connectivity index (χ3v) is 8.13. The molecule has 0 spiro atoms. The molecule has 0 aliphatic carbocycles. The number of pyridine rings is 1. The summed E-state index contributed by atoms with van der Waals surface area (Å²) in [5.74, 6) is -0.577. The number of nitrogens with zero attached hydrogens (tertiary/aromatic N) is 2. The normalized spacial score (nSPS) is 22.4. The Balaban J connectivity index is 1.23. The van der Waals surface area contributed by atoms with Crippen LogP contribution in [0.25, 0.3) is 10.9 Å². The van der Waals surface area contributed by atoms with Gasteiger partial charge in [0.15, 0.2) is 0 Å². The number of aliphatic hydroxyl groups is 1. The number of aromatic nitrogens is 1. The Morgan fingerprint density at radius 1 is 1.07 bits per heavy atom. The van der Waals surface area contributed by atoms with Crippen LogP contribution >= 0.6 is 0 Å². The predicted octanol–water partition coefficient (Wildman–Crippen LogP) is 0.792. The Kier molecular flexibility index (Phi) is 10.3. The lowest BCUT2D eigenvalue weighted by atomic mass is 10.1. The van der Waals surface area contributed by atoms with Gasteiger partial charge < -0.3 is 36.6 Å². The Morgan fingerprint density at radius 3 is 2.67 bits per heavy atom. The second kappa shape index (κ2) is 14.5. The van der Waals surface area contributed by atoms with Crippen LogP contribution in [0.2, 0.25) is 0 Å². The molecule has 5 atom stereocenters. The van der Waals surface area contributed by atoms with E-state index in [0.717, 1.165) is 17.3 Å². The van der Waals surface area contributed by atoms with Crippen molar-refractivity contribution >= 4 is 34.3 Å². The van der Waals surface area contributed by atoms with Crippen LogP contribution in [0.3, 0.4) is 0 Å².